The fraction of sp³-hybridized carbons (Fsp3) is 0.562. The number of aryl methyl sites for hydroxylation is 1. The van der Waals surface area contributed by atoms with E-state index in [0.717, 1.165) is 5.56 Å². The van der Waals surface area contributed by atoms with E-state index in [1.807, 2.05) is 30.9 Å². The van der Waals surface area contributed by atoms with Crippen LogP contribution in [0.1, 0.15) is 37.5 Å². The highest BCUT2D eigenvalue weighted by molar-refractivity contribution is 5.77. The van der Waals surface area contributed by atoms with Gasteiger partial charge >= 0.3 is 0 Å². The first-order valence-corrected chi connectivity index (χ1v) is 7.10. The van der Waals surface area contributed by atoms with E-state index in [1.54, 1.807) is 0 Å². The van der Waals surface area contributed by atoms with Gasteiger partial charge in [0.1, 0.15) is 6.10 Å². The number of amides is 1. The third kappa shape index (κ3) is 3.81. The zero-order valence-electron chi connectivity index (χ0n) is 12.6. The first-order valence-electron chi connectivity index (χ1n) is 7.10. The van der Waals surface area contributed by atoms with Gasteiger partial charge in [-0.15, -0.1) is 0 Å². The van der Waals surface area contributed by atoms with Gasteiger partial charge in [0.05, 0.1) is 13.2 Å². The van der Waals surface area contributed by atoms with E-state index in [4.69, 9.17) is 10.5 Å². The first kappa shape index (κ1) is 15.0. The van der Waals surface area contributed by atoms with E-state index in [-0.39, 0.29) is 12.0 Å². The molecule has 1 aromatic carbocycles. The Bertz CT molecular complexity index is 480. The summed E-state index contributed by atoms with van der Waals surface area (Å²) in [5.41, 5.74) is 7.83. The number of carbonyl (C=O) groups is 1. The number of ether oxygens (including phenoxy) is 1. The molecule has 1 heterocycles. The molecule has 1 saturated heterocycles. The third-order valence-corrected chi connectivity index (χ3v) is 3.56. The number of hydrogen-bond donors (Lipinski definition) is 1. The highest BCUT2D eigenvalue weighted by Crippen LogP contribution is 2.25. The topological polar surface area (TPSA) is 55.6 Å². The summed E-state index contributed by atoms with van der Waals surface area (Å²) < 4.78 is 5.83. The lowest BCUT2D eigenvalue weighted by Crippen LogP contribution is -2.46. The molecule has 0 spiro atoms. The minimum absolute atomic E-state index is 0.0326. The summed E-state index contributed by atoms with van der Waals surface area (Å²) in [4.78, 5) is 14.1. The predicted octanol–water partition coefficient (Wildman–Crippen LogP) is 2.02. The Balaban J connectivity index is 2.06. The van der Waals surface area contributed by atoms with Crippen molar-refractivity contribution in [1.29, 1.82) is 0 Å². The van der Waals surface area contributed by atoms with Crippen molar-refractivity contribution in [3.63, 3.8) is 0 Å². The Morgan fingerprint density at radius 3 is 2.80 bits per heavy atom. The van der Waals surface area contributed by atoms with Crippen molar-refractivity contribution in [1.82, 2.24) is 4.90 Å². The van der Waals surface area contributed by atoms with Crippen LogP contribution in [0, 0.1) is 6.92 Å². The molecule has 1 fully saturated rings. The van der Waals surface area contributed by atoms with Crippen LogP contribution in [0.15, 0.2) is 24.3 Å². The monoisotopic (exact) mass is 276 g/mol. The van der Waals surface area contributed by atoms with Gasteiger partial charge in [-0.1, -0.05) is 24.3 Å². The molecule has 1 amide bonds. The minimum atomic E-state index is -0.465. The van der Waals surface area contributed by atoms with Crippen LogP contribution in [0.2, 0.25) is 0 Å². The summed E-state index contributed by atoms with van der Waals surface area (Å²) in [5.74, 6) is 0.111. The quantitative estimate of drug-likeness (QED) is 0.919. The number of nitrogens with two attached hydrogens (primary N) is 1. The molecule has 0 saturated carbocycles. The molecule has 0 bridgehead atoms. The Morgan fingerprint density at radius 2 is 2.15 bits per heavy atom. The highest BCUT2D eigenvalue weighted by Gasteiger charge is 2.28. The molecule has 1 atom stereocenters. The van der Waals surface area contributed by atoms with Gasteiger partial charge in [0.2, 0.25) is 5.91 Å². The predicted molar refractivity (Wildman–Crippen MR) is 79.3 cm³/mol. The maximum atomic E-state index is 12.3. The molecular formula is C16H24N2O2. The van der Waals surface area contributed by atoms with Crippen LogP contribution in [0.4, 0.5) is 0 Å². The van der Waals surface area contributed by atoms with Gasteiger partial charge in [-0.3, -0.25) is 4.79 Å². The average Bonchev–Trinajstić information content (AvgIpc) is 2.37. The SMILES string of the molecule is Cc1ccccc1C1CN(C(=O)CC(C)(C)N)CCO1. The molecule has 4 heteroatoms. The standard InChI is InChI=1S/C16H24N2O2/c1-12-6-4-5-7-13(12)14-11-18(8-9-20-14)15(19)10-16(2,3)17/h4-7,14H,8-11,17H2,1-3H3. The number of nitrogens with zero attached hydrogens (tertiary/aromatic N) is 1. The molecule has 110 valence electrons. The lowest BCUT2D eigenvalue weighted by molar-refractivity contribution is -0.140. The first-order chi connectivity index (χ1) is 9.37. The lowest BCUT2D eigenvalue weighted by atomic mass is 9.99. The second kappa shape index (κ2) is 5.94. The number of carbonyl (C=O) groups excluding carboxylic acids is 1. The smallest absolute Gasteiger partial charge is 0.224 e. The van der Waals surface area contributed by atoms with Gasteiger partial charge in [-0.25, -0.2) is 0 Å². The molecule has 0 aliphatic carbocycles. The molecule has 2 N–H and O–H groups in total. The van der Waals surface area contributed by atoms with Crippen LogP contribution in [0.5, 0.6) is 0 Å². The second-order valence-corrected chi connectivity index (χ2v) is 6.22. The zero-order valence-corrected chi connectivity index (χ0v) is 12.6. The third-order valence-electron chi connectivity index (χ3n) is 3.56. The number of rotatable bonds is 3. The van der Waals surface area contributed by atoms with Crippen molar-refractivity contribution in [3.8, 4) is 0 Å². The van der Waals surface area contributed by atoms with Gasteiger partial charge in [0, 0.05) is 18.5 Å². The maximum Gasteiger partial charge on any atom is 0.224 e. The van der Waals surface area contributed by atoms with Crippen LogP contribution in [-0.2, 0) is 9.53 Å². The number of benzene rings is 1. The largest absolute Gasteiger partial charge is 0.370 e. The summed E-state index contributed by atoms with van der Waals surface area (Å²) in [6, 6.07) is 8.17. The van der Waals surface area contributed by atoms with Crippen molar-refractivity contribution < 1.29 is 9.53 Å². The molecule has 2 rings (SSSR count). The van der Waals surface area contributed by atoms with Crippen molar-refractivity contribution in [2.24, 2.45) is 5.73 Å². The molecular weight excluding hydrogens is 252 g/mol. The van der Waals surface area contributed by atoms with Gasteiger partial charge in [-0.2, -0.15) is 0 Å². The normalized spacial score (nSPS) is 20.0. The molecule has 0 aromatic heterocycles. The van der Waals surface area contributed by atoms with Crippen molar-refractivity contribution >= 4 is 5.91 Å². The summed E-state index contributed by atoms with van der Waals surface area (Å²) in [7, 11) is 0. The molecule has 1 unspecified atom stereocenters. The van der Waals surface area contributed by atoms with Gasteiger partial charge < -0.3 is 15.4 Å². The molecule has 20 heavy (non-hydrogen) atoms. The van der Waals surface area contributed by atoms with Crippen molar-refractivity contribution in [2.45, 2.75) is 38.8 Å². The van der Waals surface area contributed by atoms with E-state index in [9.17, 15) is 4.79 Å². The Hall–Kier alpha value is -1.39. The summed E-state index contributed by atoms with van der Waals surface area (Å²) >= 11 is 0. The summed E-state index contributed by atoms with van der Waals surface area (Å²) in [5, 5.41) is 0. The van der Waals surface area contributed by atoms with E-state index < -0.39 is 5.54 Å². The molecule has 1 aromatic rings. The second-order valence-electron chi connectivity index (χ2n) is 6.22. The maximum absolute atomic E-state index is 12.3. The van der Waals surface area contributed by atoms with Gasteiger partial charge in [0.25, 0.3) is 0 Å². The molecule has 0 radical (unpaired) electrons. The fourth-order valence-electron chi connectivity index (χ4n) is 2.51. The van der Waals surface area contributed by atoms with Crippen LogP contribution in [0.3, 0.4) is 0 Å². The van der Waals surface area contributed by atoms with Crippen molar-refractivity contribution in [3.05, 3.63) is 35.4 Å². The van der Waals surface area contributed by atoms with Gasteiger partial charge in [-0.05, 0) is 31.9 Å². The van der Waals surface area contributed by atoms with E-state index >= 15 is 0 Å². The Labute approximate surface area is 120 Å². The van der Waals surface area contributed by atoms with E-state index in [0.29, 0.717) is 26.1 Å². The molecule has 4 nitrogen and oxygen atoms in total. The Kier molecular flexibility index (Phi) is 4.45. The average molecular weight is 276 g/mol. The van der Waals surface area contributed by atoms with Crippen LogP contribution in [-0.4, -0.2) is 36.0 Å². The number of hydrogen-bond acceptors (Lipinski definition) is 3. The number of morpholine rings is 1. The summed E-state index contributed by atoms with van der Waals surface area (Å²) in [6.45, 7) is 7.67. The van der Waals surface area contributed by atoms with Crippen molar-refractivity contribution in [2.75, 3.05) is 19.7 Å². The fourth-order valence-corrected chi connectivity index (χ4v) is 2.51. The zero-order chi connectivity index (χ0) is 14.8. The minimum Gasteiger partial charge on any atom is -0.370 e. The van der Waals surface area contributed by atoms with E-state index in [1.165, 1.54) is 5.56 Å². The molecule has 1 aliphatic heterocycles. The van der Waals surface area contributed by atoms with Gasteiger partial charge in [0.15, 0.2) is 0 Å². The lowest BCUT2D eigenvalue weighted by Gasteiger charge is -2.35. The van der Waals surface area contributed by atoms with Crippen LogP contribution < -0.4 is 5.73 Å². The van der Waals surface area contributed by atoms with E-state index in [2.05, 4.69) is 19.1 Å². The molecule has 1 aliphatic rings. The highest BCUT2D eigenvalue weighted by atomic mass is 16.5. The van der Waals surface area contributed by atoms with Crippen LogP contribution >= 0.6 is 0 Å². The summed E-state index contributed by atoms with van der Waals surface area (Å²) in [6.07, 6.45) is 0.336. The van der Waals surface area contributed by atoms with Crippen LogP contribution in [0.25, 0.3) is 0 Å². The Morgan fingerprint density at radius 1 is 1.45 bits per heavy atom.